The summed E-state index contributed by atoms with van der Waals surface area (Å²) in [7, 11) is 4.19. The molecule has 5 nitrogen and oxygen atoms in total. The minimum atomic E-state index is 0. The molecule has 2 aliphatic rings. The summed E-state index contributed by atoms with van der Waals surface area (Å²) in [6.45, 7) is 8.18. The molecular weight excluding hydrogens is 379 g/mol. The van der Waals surface area contributed by atoms with Gasteiger partial charge in [0, 0.05) is 12.1 Å². The van der Waals surface area contributed by atoms with Crippen LogP contribution >= 0.6 is 24.0 Å². The van der Waals surface area contributed by atoms with E-state index in [0.29, 0.717) is 18.2 Å². The fourth-order valence-electron chi connectivity index (χ4n) is 2.70. The molecule has 0 aromatic heterocycles. The Labute approximate surface area is 146 Å². The fourth-order valence-corrected chi connectivity index (χ4v) is 2.70. The van der Waals surface area contributed by atoms with Crippen molar-refractivity contribution in [3.63, 3.8) is 0 Å². The molecule has 0 aliphatic carbocycles. The van der Waals surface area contributed by atoms with E-state index in [1.165, 1.54) is 12.8 Å². The second-order valence-corrected chi connectivity index (χ2v) is 6.76. The van der Waals surface area contributed by atoms with Crippen LogP contribution in [0.5, 0.6) is 0 Å². The Morgan fingerprint density at radius 2 is 2.05 bits per heavy atom. The third-order valence-corrected chi connectivity index (χ3v) is 4.61. The number of nitrogens with one attached hydrogen (secondary N) is 2. The normalized spacial score (nSPS) is 28.7. The zero-order valence-corrected chi connectivity index (χ0v) is 16.3. The molecule has 0 amide bonds. The van der Waals surface area contributed by atoms with Gasteiger partial charge in [0.1, 0.15) is 0 Å². The predicted octanol–water partition coefficient (Wildman–Crippen LogP) is 1.82. The number of aliphatic imine (C=N–C) groups is 1. The topological polar surface area (TPSA) is 48.9 Å². The highest BCUT2D eigenvalue weighted by molar-refractivity contribution is 14.0. The Balaban J connectivity index is 0.00000220. The Morgan fingerprint density at radius 1 is 1.33 bits per heavy atom. The maximum Gasteiger partial charge on any atom is 0.191 e. The number of fused-ring (bicyclic) bond motifs is 2. The second-order valence-electron chi connectivity index (χ2n) is 6.76. The molecule has 6 heteroatoms. The largest absolute Gasteiger partial charge is 0.373 e. The van der Waals surface area contributed by atoms with Gasteiger partial charge >= 0.3 is 0 Å². The minimum Gasteiger partial charge on any atom is -0.373 e. The summed E-state index contributed by atoms with van der Waals surface area (Å²) < 4.78 is 5.89. The lowest BCUT2D eigenvalue weighted by Gasteiger charge is -2.31. The quantitative estimate of drug-likeness (QED) is 0.413. The first-order valence-electron chi connectivity index (χ1n) is 7.80. The molecule has 0 saturated carbocycles. The molecule has 21 heavy (non-hydrogen) atoms. The molecule has 124 valence electrons. The van der Waals surface area contributed by atoms with Gasteiger partial charge in [-0.3, -0.25) is 4.99 Å². The molecule has 0 spiro atoms. The highest BCUT2D eigenvalue weighted by Gasteiger charge is 2.41. The number of hydrogen-bond donors (Lipinski definition) is 2. The molecular formula is C15H31IN4O. The molecule has 3 unspecified atom stereocenters. The smallest absolute Gasteiger partial charge is 0.191 e. The number of nitrogens with zero attached hydrogens (tertiary/aromatic N) is 2. The van der Waals surface area contributed by atoms with Gasteiger partial charge in [0.05, 0.1) is 24.8 Å². The van der Waals surface area contributed by atoms with Crippen LogP contribution in [0.25, 0.3) is 0 Å². The zero-order chi connectivity index (χ0) is 14.8. The average Bonchev–Trinajstić information content (AvgIpc) is 2.98. The fraction of sp³-hybridized carbons (Fsp3) is 0.933. The van der Waals surface area contributed by atoms with Crippen LogP contribution in [0.4, 0.5) is 0 Å². The highest BCUT2D eigenvalue weighted by Crippen LogP contribution is 2.34. The van der Waals surface area contributed by atoms with Crippen molar-refractivity contribution in [2.45, 2.75) is 63.8 Å². The lowest BCUT2D eigenvalue weighted by atomic mass is 9.96. The van der Waals surface area contributed by atoms with Crippen LogP contribution in [0.1, 0.15) is 40.0 Å². The van der Waals surface area contributed by atoms with Crippen molar-refractivity contribution in [1.29, 1.82) is 0 Å². The maximum absolute atomic E-state index is 5.89. The van der Waals surface area contributed by atoms with Crippen molar-refractivity contribution >= 4 is 29.9 Å². The minimum absolute atomic E-state index is 0. The second kappa shape index (κ2) is 7.97. The van der Waals surface area contributed by atoms with E-state index in [-0.39, 0.29) is 29.5 Å². The molecule has 2 heterocycles. The molecule has 0 aromatic rings. The van der Waals surface area contributed by atoms with E-state index in [9.17, 15) is 0 Å². The van der Waals surface area contributed by atoms with E-state index in [1.807, 2.05) is 0 Å². The van der Waals surface area contributed by atoms with Crippen molar-refractivity contribution in [1.82, 2.24) is 15.5 Å². The molecule has 3 atom stereocenters. The van der Waals surface area contributed by atoms with Crippen LogP contribution < -0.4 is 10.6 Å². The van der Waals surface area contributed by atoms with Crippen molar-refractivity contribution < 1.29 is 4.74 Å². The molecule has 2 N–H and O–H groups in total. The van der Waals surface area contributed by atoms with Gasteiger partial charge in [-0.15, -0.1) is 24.0 Å². The lowest BCUT2D eigenvalue weighted by Crippen LogP contribution is -2.49. The summed E-state index contributed by atoms with van der Waals surface area (Å²) in [6.07, 6.45) is 4.38. The SMILES string of the molecule is CCNC(=NCC(C)(C)N(C)C)NC1CC2CCC1O2.I. The van der Waals surface area contributed by atoms with Gasteiger partial charge in [0.2, 0.25) is 0 Å². The van der Waals surface area contributed by atoms with Crippen molar-refractivity contribution in [3.05, 3.63) is 0 Å². The average molecular weight is 410 g/mol. The summed E-state index contributed by atoms with van der Waals surface area (Å²) in [5, 5.41) is 6.90. The van der Waals surface area contributed by atoms with Gasteiger partial charge in [-0.05, 0) is 54.1 Å². The lowest BCUT2D eigenvalue weighted by molar-refractivity contribution is 0.0992. The molecule has 2 saturated heterocycles. The van der Waals surface area contributed by atoms with Crippen molar-refractivity contribution in [2.75, 3.05) is 27.2 Å². The van der Waals surface area contributed by atoms with Crippen LogP contribution in [0.2, 0.25) is 0 Å². The van der Waals surface area contributed by atoms with Gasteiger partial charge in [-0.1, -0.05) is 0 Å². The van der Waals surface area contributed by atoms with Crippen molar-refractivity contribution in [2.24, 2.45) is 4.99 Å². The van der Waals surface area contributed by atoms with Crippen LogP contribution in [0, 0.1) is 0 Å². The van der Waals surface area contributed by atoms with E-state index in [2.05, 4.69) is 50.4 Å². The first kappa shape index (κ1) is 19.0. The van der Waals surface area contributed by atoms with Gasteiger partial charge in [-0.2, -0.15) is 0 Å². The maximum atomic E-state index is 5.89. The molecule has 0 radical (unpaired) electrons. The van der Waals surface area contributed by atoms with Crippen LogP contribution in [-0.4, -0.2) is 61.8 Å². The van der Waals surface area contributed by atoms with E-state index in [0.717, 1.165) is 25.5 Å². The number of rotatable bonds is 5. The summed E-state index contributed by atoms with van der Waals surface area (Å²) in [5.41, 5.74) is 0.0630. The Hall–Kier alpha value is -0.0800. The van der Waals surface area contributed by atoms with Gasteiger partial charge < -0.3 is 20.3 Å². The van der Waals surface area contributed by atoms with E-state index in [1.54, 1.807) is 0 Å². The number of hydrogen-bond acceptors (Lipinski definition) is 3. The van der Waals surface area contributed by atoms with Crippen LogP contribution in [0.15, 0.2) is 4.99 Å². The zero-order valence-electron chi connectivity index (χ0n) is 14.0. The predicted molar refractivity (Wildman–Crippen MR) is 98.6 cm³/mol. The van der Waals surface area contributed by atoms with Gasteiger partial charge in [-0.25, -0.2) is 0 Å². The Kier molecular flexibility index (Phi) is 7.19. The van der Waals surface area contributed by atoms with E-state index >= 15 is 0 Å². The van der Waals surface area contributed by atoms with E-state index in [4.69, 9.17) is 9.73 Å². The summed E-state index contributed by atoms with van der Waals surface area (Å²) >= 11 is 0. The third-order valence-electron chi connectivity index (χ3n) is 4.61. The van der Waals surface area contributed by atoms with Crippen LogP contribution in [-0.2, 0) is 4.74 Å². The standard InChI is InChI=1S/C15H30N4O.HI/c1-6-16-14(17-10-15(2,3)19(4)5)18-12-9-11-7-8-13(12)20-11;/h11-13H,6-10H2,1-5H3,(H2,16,17,18);1H. The summed E-state index contributed by atoms with van der Waals surface area (Å²) in [5.74, 6) is 0.920. The van der Waals surface area contributed by atoms with E-state index < -0.39 is 0 Å². The van der Waals surface area contributed by atoms with Crippen molar-refractivity contribution in [3.8, 4) is 0 Å². The summed E-state index contributed by atoms with van der Waals surface area (Å²) in [4.78, 5) is 6.96. The number of ether oxygens (including phenoxy) is 1. The summed E-state index contributed by atoms with van der Waals surface area (Å²) in [6, 6.07) is 0.425. The third kappa shape index (κ3) is 4.96. The number of likely N-dealkylation sites (N-methyl/N-ethyl adjacent to an activating group) is 1. The molecule has 2 fully saturated rings. The first-order chi connectivity index (χ1) is 9.42. The Morgan fingerprint density at radius 3 is 2.52 bits per heavy atom. The molecule has 0 aromatic carbocycles. The number of guanidine groups is 1. The highest BCUT2D eigenvalue weighted by atomic mass is 127. The monoisotopic (exact) mass is 410 g/mol. The molecule has 2 rings (SSSR count). The van der Waals surface area contributed by atoms with Crippen LogP contribution in [0.3, 0.4) is 0 Å². The van der Waals surface area contributed by atoms with Gasteiger partial charge in [0.25, 0.3) is 0 Å². The van der Waals surface area contributed by atoms with Gasteiger partial charge in [0.15, 0.2) is 5.96 Å². The first-order valence-corrected chi connectivity index (χ1v) is 7.80. The molecule has 2 aliphatic heterocycles. The number of halogens is 1. The Bertz CT molecular complexity index is 360. The molecule has 2 bridgehead atoms.